The lowest BCUT2D eigenvalue weighted by atomic mass is 9.99. The van der Waals surface area contributed by atoms with E-state index in [1.807, 2.05) is 11.8 Å². The lowest BCUT2D eigenvalue weighted by Gasteiger charge is -2.27. The SMILES string of the molecule is CCC(C)C(N)C(=O)N1CCCN(CCOC)CC1. The van der Waals surface area contributed by atoms with Crippen LogP contribution in [0.4, 0.5) is 0 Å². The highest BCUT2D eigenvalue weighted by atomic mass is 16.5. The summed E-state index contributed by atoms with van der Waals surface area (Å²) in [5, 5.41) is 0. The Balaban J connectivity index is 2.45. The Bertz CT molecular complexity index is 273. The molecule has 0 bridgehead atoms. The summed E-state index contributed by atoms with van der Waals surface area (Å²) >= 11 is 0. The predicted octanol–water partition coefficient (Wildman–Crippen LogP) is 0.541. The summed E-state index contributed by atoms with van der Waals surface area (Å²) in [5.41, 5.74) is 6.04. The number of hydrogen-bond donors (Lipinski definition) is 1. The van der Waals surface area contributed by atoms with Crippen molar-refractivity contribution in [2.75, 3.05) is 46.4 Å². The van der Waals surface area contributed by atoms with Crippen LogP contribution in [0.2, 0.25) is 0 Å². The smallest absolute Gasteiger partial charge is 0.239 e. The highest BCUT2D eigenvalue weighted by Crippen LogP contribution is 2.11. The quantitative estimate of drug-likeness (QED) is 0.766. The molecule has 0 spiro atoms. The molecule has 2 unspecified atom stereocenters. The van der Waals surface area contributed by atoms with E-state index < -0.39 is 0 Å². The molecule has 0 aliphatic carbocycles. The maximum absolute atomic E-state index is 12.3. The molecule has 0 radical (unpaired) electrons. The van der Waals surface area contributed by atoms with E-state index in [0.717, 1.165) is 52.2 Å². The summed E-state index contributed by atoms with van der Waals surface area (Å²) in [6.07, 6.45) is 1.96. The molecule has 5 heteroatoms. The van der Waals surface area contributed by atoms with Crippen LogP contribution < -0.4 is 5.73 Å². The third-order valence-electron chi connectivity index (χ3n) is 4.05. The maximum atomic E-state index is 12.3. The largest absolute Gasteiger partial charge is 0.383 e. The number of methoxy groups -OCH3 is 1. The van der Waals surface area contributed by atoms with Crippen molar-refractivity contribution in [3.05, 3.63) is 0 Å². The zero-order valence-electron chi connectivity index (χ0n) is 12.6. The van der Waals surface area contributed by atoms with Crippen LogP contribution in [-0.4, -0.2) is 68.2 Å². The highest BCUT2D eigenvalue weighted by Gasteiger charge is 2.26. The second-order valence-corrected chi connectivity index (χ2v) is 5.42. The Morgan fingerprint density at radius 3 is 2.68 bits per heavy atom. The average Bonchev–Trinajstić information content (AvgIpc) is 2.68. The summed E-state index contributed by atoms with van der Waals surface area (Å²) in [5.74, 6) is 0.364. The topological polar surface area (TPSA) is 58.8 Å². The number of rotatable bonds is 6. The number of hydrogen-bond acceptors (Lipinski definition) is 4. The third kappa shape index (κ3) is 5.09. The molecule has 2 atom stereocenters. The van der Waals surface area contributed by atoms with Gasteiger partial charge in [-0.25, -0.2) is 0 Å². The minimum Gasteiger partial charge on any atom is -0.383 e. The second kappa shape index (κ2) is 8.51. The molecule has 0 aromatic rings. The summed E-state index contributed by atoms with van der Waals surface area (Å²) in [7, 11) is 1.72. The van der Waals surface area contributed by atoms with E-state index in [9.17, 15) is 4.79 Å². The van der Waals surface area contributed by atoms with Gasteiger partial charge in [0.2, 0.25) is 5.91 Å². The van der Waals surface area contributed by atoms with Crippen molar-refractivity contribution >= 4 is 5.91 Å². The summed E-state index contributed by atoms with van der Waals surface area (Å²) in [6, 6.07) is -0.351. The Morgan fingerprint density at radius 1 is 1.32 bits per heavy atom. The molecule has 1 aliphatic rings. The molecular weight excluding hydrogens is 242 g/mol. The van der Waals surface area contributed by atoms with Gasteiger partial charge < -0.3 is 15.4 Å². The molecule has 1 heterocycles. The summed E-state index contributed by atoms with van der Waals surface area (Å²) in [4.78, 5) is 16.6. The monoisotopic (exact) mass is 271 g/mol. The first kappa shape index (κ1) is 16.4. The normalized spacial score (nSPS) is 20.9. The van der Waals surface area contributed by atoms with E-state index >= 15 is 0 Å². The lowest BCUT2D eigenvalue weighted by Crippen LogP contribution is -2.48. The van der Waals surface area contributed by atoms with E-state index in [1.54, 1.807) is 7.11 Å². The van der Waals surface area contributed by atoms with Crippen LogP contribution in [0.3, 0.4) is 0 Å². The van der Waals surface area contributed by atoms with Gasteiger partial charge in [-0.15, -0.1) is 0 Å². The highest BCUT2D eigenvalue weighted by molar-refractivity contribution is 5.82. The second-order valence-electron chi connectivity index (χ2n) is 5.42. The van der Waals surface area contributed by atoms with Crippen LogP contribution in [-0.2, 0) is 9.53 Å². The van der Waals surface area contributed by atoms with Gasteiger partial charge in [-0.1, -0.05) is 20.3 Å². The van der Waals surface area contributed by atoms with Crippen molar-refractivity contribution in [1.29, 1.82) is 0 Å². The number of carbonyl (C=O) groups is 1. The van der Waals surface area contributed by atoms with Crippen LogP contribution in [0, 0.1) is 5.92 Å². The van der Waals surface area contributed by atoms with Crippen molar-refractivity contribution in [3.8, 4) is 0 Å². The molecule has 2 N–H and O–H groups in total. The Hall–Kier alpha value is -0.650. The van der Waals surface area contributed by atoms with Gasteiger partial charge in [0, 0.05) is 33.3 Å². The van der Waals surface area contributed by atoms with E-state index in [4.69, 9.17) is 10.5 Å². The Kier molecular flexibility index (Phi) is 7.34. The van der Waals surface area contributed by atoms with E-state index in [-0.39, 0.29) is 17.9 Å². The predicted molar refractivity (Wildman–Crippen MR) is 76.9 cm³/mol. The fraction of sp³-hybridized carbons (Fsp3) is 0.929. The third-order valence-corrected chi connectivity index (χ3v) is 4.05. The summed E-state index contributed by atoms with van der Waals surface area (Å²) < 4.78 is 5.10. The Morgan fingerprint density at radius 2 is 2.05 bits per heavy atom. The Labute approximate surface area is 117 Å². The fourth-order valence-corrected chi connectivity index (χ4v) is 2.34. The number of nitrogens with zero attached hydrogens (tertiary/aromatic N) is 2. The summed E-state index contributed by atoms with van der Waals surface area (Å²) in [6.45, 7) is 9.38. The van der Waals surface area contributed by atoms with Gasteiger partial charge in [-0.3, -0.25) is 9.69 Å². The van der Waals surface area contributed by atoms with E-state index in [0.29, 0.717) is 0 Å². The first-order valence-electron chi connectivity index (χ1n) is 7.35. The van der Waals surface area contributed by atoms with Gasteiger partial charge in [-0.2, -0.15) is 0 Å². The molecule has 112 valence electrons. The van der Waals surface area contributed by atoms with Gasteiger partial charge in [0.25, 0.3) is 0 Å². The van der Waals surface area contributed by atoms with Gasteiger partial charge >= 0.3 is 0 Å². The molecule has 1 amide bonds. The van der Waals surface area contributed by atoms with E-state index in [1.165, 1.54) is 0 Å². The van der Waals surface area contributed by atoms with Crippen molar-refractivity contribution < 1.29 is 9.53 Å². The number of nitrogens with two attached hydrogens (primary N) is 1. The van der Waals surface area contributed by atoms with Crippen LogP contribution in [0.5, 0.6) is 0 Å². The molecule has 0 aromatic carbocycles. The molecule has 1 saturated heterocycles. The number of ether oxygens (including phenoxy) is 1. The molecule has 0 aromatic heterocycles. The van der Waals surface area contributed by atoms with Crippen molar-refractivity contribution in [1.82, 2.24) is 9.80 Å². The van der Waals surface area contributed by atoms with Gasteiger partial charge in [-0.05, 0) is 18.9 Å². The average molecular weight is 271 g/mol. The molecule has 1 fully saturated rings. The van der Waals surface area contributed by atoms with Gasteiger partial charge in [0.1, 0.15) is 0 Å². The minimum atomic E-state index is -0.351. The molecule has 0 saturated carbocycles. The van der Waals surface area contributed by atoms with Crippen LogP contribution in [0.15, 0.2) is 0 Å². The molecule has 1 aliphatic heterocycles. The maximum Gasteiger partial charge on any atom is 0.239 e. The molecule has 5 nitrogen and oxygen atoms in total. The van der Waals surface area contributed by atoms with E-state index in [2.05, 4.69) is 11.8 Å². The first-order chi connectivity index (χ1) is 9.10. The molecular formula is C14H29N3O2. The first-order valence-corrected chi connectivity index (χ1v) is 7.35. The minimum absolute atomic E-state index is 0.114. The van der Waals surface area contributed by atoms with Gasteiger partial charge in [0.15, 0.2) is 0 Å². The number of amides is 1. The molecule has 19 heavy (non-hydrogen) atoms. The van der Waals surface area contributed by atoms with Crippen molar-refractivity contribution in [3.63, 3.8) is 0 Å². The van der Waals surface area contributed by atoms with Crippen LogP contribution in [0.1, 0.15) is 26.7 Å². The fourth-order valence-electron chi connectivity index (χ4n) is 2.34. The molecule has 1 rings (SSSR count). The lowest BCUT2D eigenvalue weighted by molar-refractivity contribution is -0.133. The number of carbonyl (C=O) groups excluding carboxylic acids is 1. The van der Waals surface area contributed by atoms with Crippen molar-refractivity contribution in [2.24, 2.45) is 11.7 Å². The van der Waals surface area contributed by atoms with Gasteiger partial charge in [0.05, 0.1) is 12.6 Å². The zero-order valence-corrected chi connectivity index (χ0v) is 12.6. The zero-order chi connectivity index (χ0) is 14.3. The van der Waals surface area contributed by atoms with Crippen LogP contribution >= 0.6 is 0 Å². The van der Waals surface area contributed by atoms with Crippen molar-refractivity contribution in [2.45, 2.75) is 32.7 Å². The standard InChI is InChI=1S/C14H29N3O2/c1-4-12(2)13(15)14(18)17-7-5-6-16(8-9-17)10-11-19-3/h12-13H,4-11,15H2,1-3H3. The van der Waals surface area contributed by atoms with Crippen LogP contribution in [0.25, 0.3) is 0 Å².